The lowest BCUT2D eigenvalue weighted by atomic mass is 10.1. The van der Waals surface area contributed by atoms with Gasteiger partial charge in [-0.15, -0.1) is 12.3 Å². The minimum atomic E-state index is 0.385. The average molecular weight is 109 g/mol. The highest BCUT2D eigenvalue weighted by Crippen LogP contribution is 2.22. The van der Waals surface area contributed by atoms with Crippen molar-refractivity contribution in [2.24, 2.45) is 11.7 Å². The van der Waals surface area contributed by atoms with E-state index in [1.807, 2.05) is 0 Å². The number of rotatable bonds is 0. The van der Waals surface area contributed by atoms with Gasteiger partial charge < -0.3 is 5.73 Å². The molecule has 0 aliphatic heterocycles. The zero-order valence-electron chi connectivity index (χ0n) is 4.93. The van der Waals surface area contributed by atoms with E-state index in [4.69, 9.17) is 12.2 Å². The highest BCUT2D eigenvalue weighted by Gasteiger charge is 2.18. The van der Waals surface area contributed by atoms with E-state index in [9.17, 15) is 0 Å². The van der Waals surface area contributed by atoms with Crippen LogP contribution in [0.4, 0.5) is 0 Å². The van der Waals surface area contributed by atoms with Gasteiger partial charge >= 0.3 is 0 Å². The molecule has 44 valence electrons. The molecule has 1 aliphatic rings. The summed E-state index contributed by atoms with van der Waals surface area (Å²) in [5, 5.41) is 0. The minimum Gasteiger partial charge on any atom is -0.328 e. The van der Waals surface area contributed by atoms with Crippen LogP contribution in [0.3, 0.4) is 0 Å². The Morgan fingerprint density at radius 1 is 1.50 bits per heavy atom. The molecular formula is C7H11N. The molecule has 2 N–H and O–H groups in total. The van der Waals surface area contributed by atoms with Crippen molar-refractivity contribution in [3.05, 3.63) is 0 Å². The summed E-state index contributed by atoms with van der Waals surface area (Å²) in [6, 6.07) is 0.385. The molecule has 1 nitrogen and oxygen atoms in total. The van der Waals surface area contributed by atoms with Crippen molar-refractivity contribution >= 4 is 0 Å². The number of terminal acetylenes is 1. The lowest BCUT2D eigenvalue weighted by molar-refractivity contribution is 0.668. The fourth-order valence-corrected chi connectivity index (χ4v) is 1.17. The average Bonchev–Trinajstić information content (AvgIpc) is 2.14. The smallest absolute Gasteiger partial charge is 0.0215 e. The van der Waals surface area contributed by atoms with Gasteiger partial charge in [-0.3, -0.25) is 0 Å². The molecule has 0 spiro atoms. The van der Waals surface area contributed by atoms with Gasteiger partial charge in [0.15, 0.2) is 0 Å². The third-order valence-corrected chi connectivity index (χ3v) is 1.71. The van der Waals surface area contributed by atoms with E-state index < -0.39 is 0 Å². The van der Waals surface area contributed by atoms with Gasteiger partial charge in [0.2, 0.25) is 0 Å². The highest BCUT2D eigenvalue weighted by atomic mass is 14.6. The number of hydrogen-bond donors (Lipinski definition) is 1. The summed E-state index contributed by atoms with van der Waals surface area (Å²) in [6.07, 6.45) is 8.49. The Morgan fingerprint density at radius 2 is 2.25 bits per heavy atom. The molecule has 0 unspecified atom stereocenters. The van der Waals surface area contributed by atoms with Crippen LogP contribution in [0.5, 0.6) is 0 Å². The van der Waals surface area contributed by atoms with Crippen LogP contribution in [0.15, 0.2) is 0 Å². The van der Waals surface area contributed by atoms with Gasteiger partial charge in [0, 0.05) is 12.0 Å². The zero-order chi connectivity index (χ0) is 5.98. The van der Waals surface area contributed by atoms with Gasteiger partial charge in [-0.1, -0.05) is 0 Å². The maximum Gasteiger partial charge on any atom is 0.0215 e. The van der Waals surface area contributed by atoms with E-state index in [1.165, 1.54) is 0 Å². The molecule has 0 aromatic carbocycles. The first-order chi connectivity index (χ1) is 3.83. The summed E-state index contributed by atoms with van der Waals surface area (Å²) in [5.41, 5.74) is 5.61. The van der Waals surface area contributed by atoms with E-state index in [0.717, 1.165) is 19.3 Å². The maximum absolute atomic E-state index is 5.61. The van der Waals surface area contributed by atoms with Crippen LogP contribution in [-0.2, 0) is 0 Å². The van der Waals surface area contributed by atoms with Crippen molar-refractivity contribution in [3.63, 3.8) is 0 Å². The zero-order valence-corrected chi connectivity index (χ0v) is 4.93. The van der Waals surface area contributed by atoms with Crippen LogP contribution >= 0.6 is 0 Å². The third-order valence-electron chi connectivity index (χ3n) is 1.71. The summed E-state index contributed by atoms with van der Waals surface area (Å²) in [6.45, 7) is 0. The van der Waals surface area contributed by atoms with Crippen LogP contribution in [0.1, 0.15) is 19.3 Å². The Hall–Kier alpha value is -0.480. The first-order valence-electron chi connectivity index (χ1n) is 3.04. The molecule has 1 rings (SSSR count). The van der Waals surface area contributed by atoms with Crippen LogP contribution in [0, 0.1) is 18.3 Å². The fourth-order valence-electron chi connectivity index (χ4n) is 1.17. The highest BCUT2D eigenvalue weighted by molar-refractivity contribution is 4.98. The molecule has 1 saturated carbocycles. The minimum absolute atomic E-state index is 0.385. The van der Waals surface area contributed by atoms with E-state index >= 15 is 0 Å². The van der Waals surface area contributed by atoms with Gasteiger partial charge in [-0.05, 0) is 19.3 Å². The summed E-state index contributed by atoms with van der Waals surface area (Å²) in [5.74, 6) is 3.19. The Balaban J connectivity index is 2.35. The van der Waals surface area contributed by atoms with E-state index in [-0.39, 0.29) is 0 Å². The van der Waals surface area contributed by atoms with E-state index in [2.05, 4.69) is 5.92 Å². The molecule has 0 aromatic heterocycles. The molecule has 0 saturated heterocycles. The maximum atomic E-state index is 5.61. The normalized spacial score (nSPS) is 37.0. The van der Waals surface area contributed by atoms with Gasteiger partial charge in [-0.25, -0.2) is 0 Å². The molecule has 0 radical (unpaired) electrons. The first kappa shape index (κ1) is 5.65. The number of hydrogen-bond acceptors (Lipinski definition) is 1. The predicted octanol–water partition coefficient (Wildman–Crippen LogP) is 0.747. The lowest BCUT2D eigenvalue weighted by Crippen LogP contribution is -2.14. The standard InChI is InChI=1S/C7H11N/c1-2-6-3-4-7(8)5-6/h1,6-7H,3-5,8H2/t6-,7+/m0/s1. The molecule has 0 heterocycles. The molecule has 1 aliphatic carbocycles. The van der Waals surface area contributed by atoms with Gasteiger partial charge in [0.1, 0.15) is 0 Å². The molecule has 2 atom stereocenters. The van der Waals surface area contributed by atoms with Crippen LogP contribution in [0.2, 0.25) is 0 Å². The van der Waals surface area contributed by atoms with Crippen molar-refractivity contribution in [3.8, 4) is 12.3 Å². The molecule has 0 aromatic rings. The van der Waals surface area contributed by atoms with Crippen molar-refractivity contribution in [2.75, 3.05) is 0 Å². The Kier molecular flexibility index (Phi) is 1.55. The van der Waals surface area contributed by atoms with E-state index in [1.54, 1.807) is 0 Å². The summed E-state index contributed by atoms with van der Waals surface area (Å²) in [7, 11) is 0. The van der Waals surface area contributed by atoms with Crippen molar-refractivity contribution in [1.29, 1.82) is 0 Å². The van der Waals surface area contributed by atoms with Crippen molar-refractivity contribution in [1.82, 2.24) is 0 Å². The molecule has 0 bridgehead atoms. The van der Waals surface area contributed by atoms with Crippen molar-refractivity contribution in [2.45, 2.75) is 25.3 Å². The van der Waals surface area contributed by atoms with E-state index in [0.29, 0.717) is 12.0 Å². The predicted molar refractivity (Wildman–Crippen MR) is 34.1 cm³/mol. The summed E-state index contributed by atoms with van der Waals surface area (Å²) >= 11 is 0. The van der Waals surface area contributed by atoms with Gasteiger partial charge in [0.25, 0.3) is 0 Å². The summed E-state index contributed by atoms with van der Waals surface area (Å²) < 4.78 is 0. The molecule has 1 heteroatoms. The van der Waals surface area contributed by atoms with Gasteiger partial charge in [-0.2, -0.15) is 0 Å². The van der Waals surface area contributed by atoms with Crippen LogP contribution in [0.25, 0.3) is 0 Å². The van der Waals surface area contributed by atoms with Crippen LogP contribution in [-0.4, -0.2) is 6.04 Å². The SMILES string of the molecule is C#C[C@H]1CC[C@@H](N)C1. The molecule has 0 amide bonds. The monoisotopic (exact) mass is 109 g/mol. The largest absolute Gasteiger partial charge is 0.328 e. The van der Waals surface area contributed by atoms with Crippen molar-refractivity contribution < 1.29 is 0 Å². The topological polar surface area (TPSA) is 26.0 Å². The summed E-state index contributed by atoms with van der Waals surface area (Å²) in [4.78, 5) is 0. The Bertz CT molecular complexity index is 112. The number of nitrogens with two attached hydrogens (primary N) is 1. The second-order valence-corrected chi connectivity index (χ2v) is 2.44. The quantitative estimate of drug-likeness (QED) is 0.456. The molecular weight excluding hydrogens is 98.1 g/mol. The first-order valence-corrected chi connectivity index (χ1v) is 3.04. The van der Waals surface area contributed by atoms with Gasteiger partial charge in [0.05, 0.1) is 0 Å². The molecule has 8 heavy (non-hydrogen) atoms. The molecule has 1 fully saturated rings. The Morgan fingerprint density at radius 3 is 2.50 bits per heavy atom. The second-order valence-electron chi connectivity index (χ2n) is 2.44. The van der Waals surface area contributed by atoms with Crippen LogP contribution < -0.4 is 5.73 Å². The third kappa shape index (κ3) is 1.02. The second kappa shape index (κ2) is 2.19. The fraction of sp³-hybridized carbons (Fsp3) is 0.714. The Labute approximate surface area is 50.3 Å². The lowest BCUT2D eigenvalue weighted by Gasteiger charge is -1.96.